The van der Waals surface area contributed by atoms with E-state index < -0.39 is 0 Å². The van der Waals surface area contributed by atoms with Crippen LogP contribution in [-0.4, -0.2) is 59.8 Å². The Kier molecular flexibility index (Phi) is 4.95. The van der Waals surface area contributed by atoms with Crippen molar-refractivity contribution < 1.29 is 14.0 Å². The number of thiazole rings is 1. The fourth-order valence-corrected chi connectivity index (χ4v) is 4.75. The molecule has 0 saturated carbocycles. The fraction of sp³-hybridized carbons (Fsp3) is 0.261. The molecule has 4 aromatic rings. The van der Waals surface area contributed by atoms with Crippen LogP contribution >= 0.6 is 11.3 Å². The molecule has 5 rings (SSSR count). The zero-order valence-electron chi connectivity index (χ0n) is 17.3. The van der Waals surface area contributed by atoms with Crippen molar-refractivity contribution in [3.63, 3.8) is 0 Å². The molecule has 0 bridgehead atoms. The lowest BCUT2D eigenvalue weighted by atomic mass is 10.1. The van der Waals surface area contributed by atoms with Gasteiger partial charge in [0.15, 0.2) is 10.9 Å². The maximum atomic E-state index is 12.9. The highest BCUT2D eigenvalue weighted by atomic mass is 32.1. The molecule has 2 aromatic carbocycles. The van der Waals surface area contributed by atoms with E-state index in [1.54, 1.807) is 6.07 Å². The third-order valence-corrected chi connectivity index (χ3v) is 6.63. The molecular formula is C23H22N4O3S. The minimum Gasteiger partial charge on any atom is -0.451 e. The van der Waals surface area contributed by atoms with Crippen molar-refractivity contribution >= 4 is 49.5 Å². The molecule has 1 aliphatic rings. The van der Waals surface area contributed by atoms with Gasteiger partial charge >= 0.3 is 0 Å². The molecule has 0 radical (unpaired) electrons. The highest BCUT2D eigenvalue weighted by molar-refractivity contribution is 7.22. The Morgan fingerprint density at radius 2 is 1.87 bits per heavy atom. The number of hydrogen-bond acceptors (Lipinski definition) is 6. The second-order valence-corrected chi connectivity index (χ2v) is 8.83. The predicted molar refractivity (Wildman–Crippen MR) is 122 cm³/mol. The number of fused-ring (bicyclic) bond motifs is 2. The van der Waals surface area contributed by atoms with Crippen molar-refractivity contribution in [2.45, 2.75) is 6.92 Å². The van der Waals surface area contributed by atoms with Gasteiger partial charge in [-0.15, -0.1) is 0 Å². The first-order chi connectivity index (χ1) is 15.0. The van der Waals surface area contributed by atoms with Gasteiger partial charge in [0.1, 0.15) is 5.58 Å². The topological polar surface area (TPSA) is 78.7 Å². The van der Waals surface area contributed by atoms with Crippen LogP contribution in [0.3, 0.4) is 0 Å². The molecule has 8 heteroatoms. The Hall–Kier alpha value is -3.23. The van der Waals surface area contributed by atoms with E-state index in [1.165, 1.54) is 11.3 Å². The standard InChI is InChI=1S/C23H22N4O3S/c1-14-16-5-3-4-6-18(16)30-20(14)21(28)25-23-24-17-8-7-15(13-19(17)31-23)22(29)27-11-9-26(2)10-12-27/h3-8,13H,9-12H2,1-2H3,(H,24,25,28). The van der Waals surface area contributed by atoms with Crippen LogP contribution in [0.25, 0.3) is 21.2 Å². The van der Waals surface area contributed by atoms with Gasteiger partial charge in [-0.25, -0.2) is 4.98 Å². The molecular weight excluding hydrogens is 412 g/mol. The number of hydrogen-bond donors (Lipinski definition) is 1. The lowest BCUT2D eigenvalue weighted by molar-refractivity contribution is 0.0664. The monoisotopic (exact) mass is 434 g/mol. The Morgan fingerprint density at radius 3 is 2.65 bits per heavy atom. The van der Waals surface area contributed by atoms with Crippen molar-refractivity contribution in [2.75, 3.05) is 38.5 Å². The summed E-state index contributed by atoms with van der Waals surface area (Å²) in [5.41, 5.74) is 2.87. The molecule has 0 atom stereocenters. The van der Waals surface area contributed by atoms with Gasteiger partial charge in [0.25, 0.3) is 11.8 Å². The number of furan rings is 1. The number of nitrogens with one attached hydrogen (secondary N) is 1. The molecule has 158 valence electrons. The summed E-state index contributed by atoms with van der Waals surface area (Å²) < 4.78 is 6.60. The molecule has 2 aromatic heterocycles. The van der Waals surface area contributed by atoms with E-state index in [0.717, 1.165) is 47.3 Å². The van der Waals surface area contributed by atoms with Gasteiger partial charge in [0, 0.05) is 42.7 Å². The van der Waals surface area contributed by atoms with Gasteiger partial charge in [-0.3, -0.25) is 14.9 Å². The molecule has 0 unspecified atom stereocenters. The second-order valence-electron chi connectivity index (χ2n) is 7.80. The van der Waals surface area contributed by atoms with Crippen LogP contribution in [0.1, 0.15) is 26.5 Å². The van der Waals surface area contributed by atoms with E-state index in [9.17, 15) is 9.59 Å². The minimum atomic E-state index is -0.332. The molecule has 1 N–H and O–H groups in total. The first kappa shape index (κ1) is 19.7. The number of amides is 2. The molecule has 2 amide bonds. The number of nitrogens with zero attached hydrogens (tertiary/aromatic N) is 3. The Bertz CT molecular complexity index is 1300. The largest absolute Gasteiger partial charge is 0.451 e. The minimum absolute atomic E-state index is 0.0342. The van der Waals surface area contributed by atoms with E-state index >= 15 is 0 Å². The van der Waals surface area contributed by atoms with Crippen LogP contribution in [0.5, 0.6) is 0 Å². The number of carbonyl (C=O) groups is 2. The number of rotatable bonds is 3. The summed E-state index contributed by atoms with van der Waals surface area (Å²) in [4.78, 5) is 34.2. The lowest BCUT2D eigenvalue weighted by Gasteiger charge is -2.32. The molecule has 1 saturated heterocycles. The summed E-state index contributed by atoms with van der Waals surface area (Å²) >= 11 is 1.35. The zero-order chi connectivity index (χ0) is 21.5. The van der Waals surface area contributed by atoms with Gasteiger partial charge in [0.2, 0.25) is 0 Å². The maximum Gasteiger partial charge on any atom is 0.293 e. The van der Waals surface area contributed by atoms with Crippen molar-refractivity contribution in [3.8, 4) is 0 Å². The van der Waals surface area contributed by atoms with E-state index in [2.05, 4.69) is 22.2 Å². The van der Waals surface area contributed by atoms with Crippen LogP contribution in [0.4, 0.5) is 5.13 Å². The second kappa shape index (κ2) is 7.79. The van der Waals surface area contributed by atoms with Crippen molar-refractivity contribution in [1.82, 2.24) is 14.8 Å². The molecule has 1 fully saturated rings. The van der Waals surface area contributed by atoms with E-state index in [0.29, 0.717) is 16.3 Å². The average molecular weight is 435 g/mol. The molecule has 31 heavy (non-hydrogen) atoms. The van der Waals surface area contributed by atoms with Crippen LogP contribution in [0, 0.1) is 6.92 Å². The quantitative estimate of drug-likeness (QED) is 0.527. The van der Waals surface area contributed by atoms with Gasteiger partial charge in [-0.1, -0.05) is 29.5 Å². The number of para-hydroxylation sites is 1. The molecule has 3 heterocycles. The predicted octanol–water partition coefficient (Wildman–Crippen LogP) is 3.99. The SMILES string of the molecule is Cc1c(C(=O)Nc2nc3ccc(C(=O)N4CCN(C)CC4)cc3s2)oc2ccccc12. The third kappa shape index (κ3) is 3.68. The summed E-state index contributed by atoms with van der Waals surface area (Å²) in [5.74, 6) is -0.0141. The number of aromatic nitrogens is 1. The summed E-state index contributed by atoms with van der Waals surface area (Å²) in [7, 11) is 2.06. The third-order valence-electron chi connectivity index (χ3n) is 5.70. The first-order valence-electron chi connectivity index (χ1n) is 10.2. The summed E-state index contributed by atoms with van der Waals surface area (Å²) in [6.45, 7) is 5.09. The normalized spacial score (nSPS) is 15.0. The molecule has 0 aliphatic carbocycles. The number of anilines is 1. The van der Waals surface area contributed by atoms with Crippen LogP contribution in [0.2, 0.25) is 0 Å². The smallest absolute Gasteiger partial charge is 0.293 e. The molecule has 7 nitrogen and oxygen atoms in total. The lowest BCUT2D eigenvalue weighted by Crippen LogP contribution is -2.47. The molecule has 0 spiro atoms. The number of carbonyl (C=O) groups excluding carboxylic acids is 2. The van der Waals surface area contributed by atoms with Crippen molar-refractivity contribution in [2.24, 2.45) is 0 Å². The number of aryl methyl sites for hydroxylation is 1. The number of benzene rings is 2. The number of piperazine rings is 1. The average Bonchev–Trinajstić information content (AvgIpc) is 3.33. The molecule has 1 aliphatic heterocycles. The highest BCUT2D eigenvalue weighted by Crippen LogP contribution is 2.29. The Labute approximate surface area is 183 Å². The Morgan fingerprint density at radius 1 is 1.10 bits per heavy atom. The van der Waals surface area contributed by atoms with Crippen molar-refractivity contribution in [1.29, 1.82) is 0 Å². The maximum absolute atomic E-state index is 12.9. The Balaban J connectivity index is 1.36. The zero-order valence-corrected chi connectivity index (χ0v) is 18.2. The fourth-order valence-electron chi connectivity index (χ4n) is 3.85. The van der Waals surface area contributed by atoms with Gasteiger partial charge < -0.3 is 14.2 Å². The summed E-state index contributed by atoms with van der Waals surface area (Å²) in [6, 6.07) is 13.1. The van der Waals surface area contributed by atoms with E-state index in [1.807, 2.05) is 48.2 Å². The van der Waals surface area contributed by atoms with Gasteiger partial charge in [-0.2, -0.15) is 0 Å². The van der Waals surface area contributed by atoms with Gasteiger partial charge in [-0.05, 0) is 38.2 Å². The van der Waals surface area contributed by atoms with Crippen LogP contribution in [-0.2, 0) is 0 Å². The van der Waals surface area contributed by atoms with Gasteiger partial charge in [0.05, 0.1) is 10.2 Å². The van der Waals surface area contributed by atoms with E-state index in [-0.39, 0.29) is 17.6 Å². The van der Waals surface area contributed by atoms with E-state index in [4.69, 9.17) is 4.42 Å². The van der Waals surface area contributed by atoms with Crippen LogP contribution < -0.4 is 5.32 Å². The summed E-state index contributed by atoms with van der Waals surface area (Å²) in [6.07, 6.45) is 0. The number of likely N-dealkylation sites (N-methyl/N-ethyl adjacent to an activating group) is 1. The highest BCUT2D eigenvalue weighted by Gasteiger charge is 2.22. The summed E-state index contributed by atoms with van der Waals surface area (Å²) in [5, 5.41) is 4.24. The van der Waals surface area contributed by atoms with Crippen LogP contribution in [0.15, 0.2) is 46.9 Å². The first-order valence-corrected chi connectivity index (χ1v) is 11.0. The van der Waals surface area contributed by atoms with Crippen molar-refractivity contribution in [3.05, 3.63) is 59.4 Å².